The van der Waals surface area contributed by atoms with Gasteiger partial charge in [-0.3, -0.25) is 0 Å². The van der Waals surface area contributed by atoms with Gasteiger partial charge in [0, 0.05) is 30.2 Å². The van der Waals surface area contributed by atoms with Crippen LogP contribution in [0.5, 0.6) is 0 Å². The highest BCUT2D eigenvalue weighted by Crippen LogP contribution is 2.27. The fourth-order valence-corrected chi connectivity index (χ4v) is 2.78. The smallest absolute Gasteiger partial charge is 0.0483 e. The van der Waals surface area contributed by atoms with E-state index in [0.29, 0.717) is 6.54 Å². The summed E-state index contributed by atoms with van der Waals surface area (Å²) in [5.74, 6) is 0. The molecule has 2 heteroatoms. The van der Waals surface area contributed by atoms with Gasteiger partial charge in [-0.15, -0.1) is 0 Å². The van der Waals surface area contributed by atoms with Crippen LogP contribution < -0.4 is 5.73 Å². The van der Waals surface area contributed by atoms with E-state index in [-0.39, 0.29) is 0 Å². The summed E-state index contributed by atoms with van der Waals surface area (Å²) >= 11 is 0. The van der Waals surface area contributed by atoms with Crippen LogP contribution in [0.15, 0.2) is 54.6 Å². The third-order valence-corrected chi connectivity index (χ3v) is 3.76. The van der Waals surface area contributed by atoms with E-state index in [9.17, 15) is 0 Å². The van der Waals surface area contributed by atoms with E-state index in [2.05, 4.69) is 66.2 Å². The number of para-hydroxylation sites is 1. The molecular formula is C17H18N2. The van der Waals surface area contributed by atoms with Crippen molar-refractivity contribution in [1.82, 2.24) is 4.57 Å². The molecule has 0 radical (unpaired) electrons. The Bertz CT molecular complexity index is 696. The van der Waals surface area contributed by atoms with E-state index in [1.165, 1.54) is 27.7 Å². The molecule has 0 fully saturated rings. The van der Waals surface area contributed by atoms with Gasteiger partial charge in [-0.1, -0.05) is 48.5 Å². The van der Waals surface area contributed by atoms with Gasteiger partial charge < -0.3 is 10.3 Å². The van der Waals surface area contributed by atoms with Crippen molar-refractivity contribution in [3.63, 3.8) is 0 Å². The lowest BCUT2D eigenvalue weighted by molar-refractivity contribution is 0.834. The second-order valence-corrected chi connectivity index (χ2v) is 4.87. The van der Waals surface area contributed by atoms with E-state index < -0.39 is 0 Å². The van der Waals surface area contributed by atoms with Crippen molar-refractivity contribution >= 4 is 10.9 Å². The Hall–Kier alpha value is -2.06. The van der Waals surface area contributed by atoms with E-state index in [4.69, 9.17) is 5.73 Å². The van der Waals surface area contributed by atoms with Gasteiger partial charge in [0.05, 0.1) is 0 Å². The average molecular weight is 250 g/mol. The van der Waals surface area contributed by atoms with Crippen molar-refractivity contribution in [2.75, 3.05) is 0 Å². The molecule has 3 aromatic rings. The number of nitrogens with two attached hydrogens (primary N) is 1. The van der Waals surface area contributed by atoms with E-state index >= 15 is 0 Å². The van der Waals surface area contributed by atoms with Crippen LogP contribution >= 0.6 is 0 Å². The van der Waals surface area contributed by atoms with E-state index in [1.54, 1.807) is 0 Å². The lowest BCUT2D eigenvalue weighted by atomic mass is 10.0. The van der Waals surface area contributed by atoms with Gasteiger partial charge in [-0.25, -0.2) is 0 Å². The molecule has 2 aromatic carbocycles. The molecule has 96 valence electrons. The highest BCUT2D eigenvalue weighted by Gasteiger charge is 2.13. The number of aromatic nitrogens is 1. The van der Waals surface area contributed by atoms with Crippen molar-refractivity contribution in [1.29, 1.82) is 0 Å². The molecule has 0 aliphatic rings. The van der Waals surface area contributed by atoms with Gasteiger partial charge in [0.1, 0.15) is 0 Å². The summed E-state index contributed by atoms with van der Waals surface area (Å²) in [5.41, 5.74) is 11.1. The minimum Gasteiger partial charge on any atom is -0.346 e. The molecule has 0 spiro atoms. The molecule has 0 unspecified atom stereocenters. The second kappa shape index (κ2) is 4.90. The molecule has 3 rings (SSSR count). The zero-order valence-electron chi connectivity index (χ0n) is 11.1. The summed E-state index contributed by atoms with van der Waals surface area (Å²) in [6, 6.07) is 19.1. The molecule has 2 N–H and O–H groups in total. The van der Waals surface area contributed by atoms with Crippen molar-refractivity contribution in [2.45, 2.75) is 13.0 Å². The van der Waals surface area contributed by atoms with Gasteiger partial charge in [0.15, 0.2) is 0 Å². The maximum absolute atomic E-state index is 5.95. The van der Waals surface area contributed by atoms with Crippen LogP contribution in [-0.4, -0.2) is 4.57 Å². The van der Waals surface area contributed by atoms with Crippen LogP contribution in [0.25, 0.3) is 10.9 Å². The fraction of sp³-hybridized carbons (Fsp3) is 0.176. The van der Waals surface area contributed by atoms with Crippen LogP contribution in [0.3, 0.4) is 0 Å². The summed E-state index contributed by atoms with van der Waals surface area (Å²) in [5, 5.41) is 1.31. The highest BCUT2D eigenvalue weighted by molar-refractivity contribution is 5.85. The monoisotopic (exact) mass is 250 g/mol. The topological polar surface area (TPSA) is 30.9 Å². The third-order valence-electron chi connectivity index (χ3n) is 3.76. The Morgan fingerprint density at radius 3 is 2.37 bits per heavy atom. The predicted octanol–water partition coefficient (Wildman–Crippen LogP) is 3.23. The molecule has 1 heterocycles. The quantitative estimate of drug-likeness (QED) is 0.760. The molecule has 1 aromatic heterocycles. The first-order valence-corrected chi connectivity index (χ1v) is 6.60. The molecule has 2 nitrogen and oxygen atoms in total. The van der Waals surface area contributed by atoms with Gasteiger partial charge in [0.25, 0.3) is 0 Å². The Labute approximate surface area is 113 Å². The lowest BCUT2D eigenvalue weighted by Gasteiger charge is -2.05. The number of aryl methyl sites for hydroxylation is 1. The van der Waals surface area contributed by atoms with Crippen LogP contribution in [0, 0.1) is 0 Å². The summed E-state index contributed by atoms with van der Waals surface area (Å²) in [6.45, 7) is 0.577. The molecule has 0 saturated heterocycles. The first-order valence-electron chi connectivity index (χ1n) is 6.60. The molecule has 0 atom stereocenters. The number of nitrogens with zero attached hydrogens (tertiary/aromatic N) is 1. The lowest BCUT2D eigenvalue weighted by Crippen LogP contribution is -2.06. The normalized spacial score (nSPS) is 11.1. The van der Waals surface area contributed by atoms with Crippen molar-refractivity contribution in [2.24, 2.45) is 12.8 Å². The predicted molar refractivity (Wildman–Crippen MR) is 80.1 cm³/mol. The summed E-state index contributed by atoms with van der Waals surface area (Å²) < 4.78 is 2.22. The number of rotatable bonds is 3. The van der Waals surface area contributed by atoms with Gasteiger partial charge in [-0.2, -0.15) is 0 Å². The standard InChI is InChI=1S/C17H18N2/c1-19-16-10-6-5-9-14(16)15(17(19)12-18)11-13-7-3-2-4-8-13/h2-10H,11-12,18H2,1H3. The fourth-order valence-electron chi connectivity index (χ4n) is 2.78. The zero-order chi connectivity index (χ0) is 13.2. The van der Waals surface area contributed by atoms with Gasteiger partial charge >= 0.3 is 0 Å². The maximum atomic E-state index is 5.95. The molecule has 0 bridgehead atoms. The minimum atomic E-state index is 0.577. The van der Waals surface area contributed by atoms with Crippen molar-refractivity contribution in [3.05, 3.63) is 71.4 Å². The van der Waals surface area contributed by atoms with Crippen LogP contribution in [-0.2, 0) is 20.0 Å². The second-order valence-electron chi connectivity index (χ2n) is 4.87. The molecule has 0 aliphatic heterocycles. The largest absolute Gasteiger partial charge is 0.346 e. The Kier molecular flexibility index (Phi) is 3.10. The first-order chi connectivity index (χ1) is 9.31. The maximum Gasteiger partial charge on any atom is 0.0483 e. The molecule has 0 amide bonds. The Morgan fingerprint density at radius 2 is 1.63 bits per heavy atom. The number of hydrogen-bond acceptors (Lipinski definition) is 1. The molecule has 0 saturated carbocycles. The summed E-state index contributed by atoms with van der Waals surface area (Å²) in [7, 11) is 2.10. The van der Waals surface area contributed by atoms with E-state index in [1.807, 2.05) is 0 Å². The van der Waals surface area contributed by atoms with Gasteiger partial charge in [0.2, 0.25) is 0 Å². The van der Waals surface area contributed by atoms with Crippen LogP contribution in [0.2, 0.25) is 0 Å². The minimum absolute atomic E-state index is 0.577. The third kappa shape index (κ3) is 2.04. The molecular weight excluding hydrogens is 232 g/mol. The SMILES string of the molecule is Cn1c(CN)c(Cc2ccccc2)c2ccccc21. The molecule has 19 heavy (non-hydrogen) atoms. The Balaban J connectivity index is 2.17. The first kappa shape index (κ1) is 12.0. The van der Waals surface area contributed by atoms with E-state index in [0.717, 1.165) is 6.42 Å². The van der Waals surface area contributed by atoms with Crippen molar-refractivity contribution in [3.8, 4) is 0 Å². The van der Waals surface area contributed by atoms with Gasteiger partial charge in [-0.05, 0) is 23.6 Å². The molecule has 0 aliphatic carbocycles. The summed E-state index contributed by atoms with van der Waals surface area (Å²) in [6.07, 6.45) is 0.939. The number of hydrogen-bond donors (Lipinski definition) is 1. The number of benzene rings is 2. The van der Waals surface area contributed by atoms with Crippen LogP contribution in [0.1, 0.15) is 16.8 Å². The highest BCUT2D eigenvalue weighted by atomic mass is 15.0. The summed E-state index contributed by atoms with van der Waals surface area (Å²) in [4.78, 5) is 0. The number of fused-ring (bicyclic) bond motifs is 1. The Morgan fingerprint density at radius 1 is 0.947 bits per heavy atom. The average Bonchev–Trinajstić information content (AvgIpc) is 2.73. The van der Waals surface area contributed by atoms with Crippen LogP contribution in [0.4, 0.5) is 0 Å². The van der Waals surface area contributed by atoms with Crippen molar-refractivity contribution < 1.29 is 0 Å². The zero-order valence-corrected chi connectivity index (χ0v) is 11.1.